The maximum absolute atomic E-state index is 7.52. The first-order valence-corrected chi connectivity index (χ1v) is 13.8. The van der Waals surface area contributed by atoms with E-state index in [9.17, 15) is 0 Å². The third kappa shape index (κ3) is 4.66. The summed E-state index contributed by atoms with van der Waals surface area (Å²) in [4.78, 5) is 0. The third-order valence-corrected chi connectivity index (χ3v) is 7.85. The van der Waals surface area contributed by atoms with Gasteiger partial charge in [0.15, 0.2) is 0 Å². The summed E-state index contributed by atoms with van der Waals surface area (Å²) in [6.07, 6.45) is 0. The van der Waals surface area contributed by atoms with E-state index in [1.807, 2.05) is 0 Å². The number of hydrogen-bond donors (Lipinski definition) is 0. The van der Waals surface area contributed by atoms with Crippen molar-refractivity contribution in [2.45, 2.75) is 11.0 Å². The van der Waals surface area contributed by atoms with E-state index in [1.54, 1.807) is 0 Å². The summed E-state index contributed by atoms with van der Waals surface area (Å²) in [7, 11) is 0. The topological polar surface area (TPSA) is 9.23 Å². The second-order valence-electron chi connectivity index (χ2n) is 10.1. The molecule has 1 nitrogen and oxygen atoms in total. The standard InChI is InChI=1S/C39H32O/c1-7-19-32(20-8-1)38(33-21-9-2-10-22-33,34-23-11-3-12-24-34)31-40-39(35-25-13-4-14-26-35,36-27-15-5-16-28-36)37-29-17-6-18-30-37/h1-30H,31H2. The van der Waals surface area contributed by atoms with Gasteiger partial charge in [0.05, 0.1) is 12.0 Å². The normalized spacial score (nSPS) is 11.7. The molecule has 0 heterocycles. The van der Waals surface area contributed by atoms with Crippen molar-refractivity contribution in [1.29, 1.82) is 0 Å². The van der Waals surface area contributed by atoms with E-state index in [0.717, 1.165) is 16.7 Å². The average Bonchev–Trinajstić information content (AvgIpc) is 3.06. The van der Waals surface area contributed by atoms with E-state index < -0.39 is 11.0 Å². The molecule has 0 aliphatic carbocycles. The monoisotopic (exact) mass is 516 g/mol. The summed E-state index contributed by atoms with van der Waals surface area (Å²) >= 11 is 0. The first-order chi connectivity index (χ1) is 19.8. The fourth-order valence-corrected chi connectivity index (χ4v) is 5.90. The second kappa shape index (κ2) is 11.6. The van der Waals surface area contributed by atoms with E-state index in [-0.39, 0.29) is 0 Å². The summed E-state index contributed by atoms with van der Waals surface area (Å²) in [6.45, 7) is 0.420. The van der Waals surface area contributed by atoms with Crippen molar-refractivity contribution >= 4 is 0 Å². The molecular formula is C39H32O. The van der Waals surface area contributed by atoms with Gasteiger partial charge in [-0.25, -0.2) is 0 Å². The summed E-state index contributed by atoms with van der Waals surface area (Å²) in [5.74, 6) is 0. The largest absolute Gasteiger partial charge is 0.359 e. The SMILES string of the molecule is c1ccc(C(COC(c2ccccc2)(c2ccccc2)c2ccccc2)(c2ccccc2)c2ccccc2)cc1. The van der Waals surface area contributed by atoms with E-state index >= 15 is 0 Å². The Labute approximate surface area is 237 Å². The summed E-state index contributed by atoms with van der Waals surface area (Å²) in [5, 5.41) is 0. The molecule has 0 unspecified atom stereocenters. The first-order valence-electron chi connectivity index (χ1n) is 13.8. The van der Waals surface area contributed by atoms with Crippen molar-refractivity contribution in [3.05, 3.63) is 215 Å². The second-order valence-corrected chi connectivity index (χ2v) is 10.1. The van der Waals surface area contributed by atoms with Gasteiger partial charge < -0.3 is 4.74 Å². The maximum Gasteiger partial charge on any atom is 0.143 e. The Morgan fingerprint density at radius 2 is 0.525 bits per heavy atom. The molecule has 1 heteroatoms. The molecule has 0 fully saturated rings. The minimum absolute atomic E-state index is 0.420. The molecule has 6 aromatic carbocycles. The Morgan fingerprint density at radius 1 is 0.300 bits per heavy atom. The highest BCUT2D eigenvalue weighted by Crippen LogP contribution is 2.45. The third-order valence-electron chi connectivity index (χ3n) is 7.85. The molecule has 0 atom stereocenters. The molecule has 0 aliphatic heterocycles. The molecule has 194 valence electrons. The molecule has 0 saturated carbocycles. The smallest absolute Gasteiger partial charge is 0.143 e. The van der Waals surface area contributed by atoms with Crippen molar-refractivity contribution in [2.24, 2.45) is 0 Å². The van der Waals surface area contributed by atoms with Crippen LogP contribution in [0.2, 0.25) is 0 Å². The Balaban J connectivity index is 1.62. The Morgan fingerprint density at radius 3 is 0.775 bits per heavy atom. The van der Waals surface area contributed by atoms with Crippen LogP contribution < -0.4 is 0 Å². The fourth-order valence-electron chi connectivity index (χ4n) is 5.90. The van der Waals surface area contributed by atoms with Crippen LogP contribution in [-0.4, -0.2) is 6.61 Å². The van der Waals surface area contributed by atoms with Crippen molar-refractivity contribution < 1.29 is 4.74 Å². The van der Waals surface area contributed by atoms with Gasteiger partial charge >= 0.3 is 0 Å². The van der Waals surface area contributed by atoms with Crippen LogP contribution in [0.15, 0.2) is 182 Å². The Bertz CT molecular complexity index is 1280. The molecule has 0 N–H and O–H groups in total. The minimum Gasteiger partial charge on any atom is -0.359 e. The van der Waals surface area contributed by atoms with Gasteiger partial charge in [-0.05, 0) is 33.4 Å². The van der Waals surface area contributed by atoms with Crippen LogP contribution in [0, 0.1) is 0 Å². The number of benzene rings is 6. The van der Waals surface area contributed by atoms with E-state index in [4.69, 9.17) is 4.74 Å². The van der Waals surface area contributed by atoms with Gasteiger partial charge in [0, 0.05) is 0 Å². The van der Waals surface area contributed by atoms with Gasteiger partial charge in [-0.15, -0.1) is 0 Å². The van der Waals surface area contributed by atoms with Crippen LogP contribution in [0.5, 0.6) is 0 Å². The van der Waals surface area contributed by atoms with Crippen LogP contribution in [0.1, 0.15) is 33.4 Å². The molecule has 0 aromatic heterocycles. The van der Waals surface area contributed by atoms with Crippen molar-refractivity contribution in [3.8, 4) is 0 Å². The van der Waals surface area contributed by atoms with Gasteiger partial charge in [-0.3, -0.25) is 0 Å². The average molecular weight is 517 g/mol. The Kier molecular flexibility index (Phi) is 7.39. The molecule has 0 spiro atoms. The molecule has 6 rings (SSSR count). The van der Waals surface area contributed by atoms with Crippen LogP contribution in [0.3, 0.4) is 0 Å². The van der Waals surface area contributed by atoms with Crippen LogP contribution in [0.4, 0.5) is 0 Å². The molecule has 0 bridgehead atoms. The minimum atomic E-state index is -0.826. The first kappa shape index (κ1) is 25.6. The fraction of sp³-hybridized carbons (Fsp3) is 0.0769. The lowest BCUT2D eigenvalue weighted by molar-refractivity contribution is -0.00366. The number of ether oxygens (including phenoxy) is 1. The highest BCUT2D eigenvalue weighted by molar-refractivity contribution is 5.52. The lowest BCUT2D eigenvalue weighted by Crippen LogP contribution is -2.41. The molecule has 0 aliphatic rings. The van der Waals surface area contributed by atoms with Crippen LogP contribution >= 0.6 is 0 Å². The quantitative estimate of drug-likeness (QED) is 0.174. The lowest BCUT2D eigenvalue weighted by Gasteiger charge is -2.42. The van der Waals surface area contributed by atoms with Crippen molar-refractivity contribution in [2.75, 3.05) is 6.61 Å². The molecule has 0 amide bonds. The van der Waals surface area contributed by atoms with E-state index in [1.165, 1.54) is 16.7 Å². The van der Waals surface area contributed by atoms with Crippen molar-refractivity contribution in [1.82, 2.24) is 0 Å². The van der Waals surface area contributed by atoms with Crippen LogP contribution in [0.25, 0.3) is 0 Å². The summed E-state index contributed by atoms with van der Waals surface area (Å²) < 4.78 is 7.52. The number of hydrogen-bond acceptors (Lipinski definition) is 1. The van der Waals surface area contributed by atoms with Crippen molar-refractivity contribution in [3.63, 3.8) is 0 Å². The highest BCUT2D eigenvalue weighted by Gasteiger charge is 2.43. The predicted molar refractivity (Wildman–Crippen MR) is 164 cm³/mol. The lowest BCUT2D eigenvalue weighted by atomic mass is 9.69. The van der Waals surface area contributed by atoms with Gasteiger partial charge in [-0.1, -0.05) is 182 Å². The predicted octanol–water partition coefficient (Wildman–Crippen LogP) is 9.03. The van der Waals surface area contributed by atoms with Gasteiger partial charge in [-0.2, -0.15) is 0 Å². The van der Waals surface area contributed by atoms with Gasteiger partial charge in [0.1, 0.15) is 5.60 Å². The van der Waals surface area contributed by atoms with E-state index in [0.29, 0.717) is 6.61 Å². The summed E-state index contributed by atoms with van der Waals surface area (Å²) in [6, 6.07) is 64.1. The van der Waals surface area contributed by atoms with Gasteiger partial charge in [0.2, 0.25) is 0 Å². The van der Waals surface area contributed by atoms with Crippen LogP contribution in [-0.2, 0) is 15.8 Å². The van der Waals surface area contributed by atoms with Gasteiger partial charge in [0.25, 0.3) is 0 Å². The molecule has 0 saturated heterocycles. The molecule has 40 heavy (non-hydrogen) atoms. The zero-order chi connectivity index (χ0) is 27.1. The summed E-state index contributed by atoms with van der Waals surface area (Å²) in [5.41, 5.74) is 5.48. The molecule has 6 aromatic rings. The number of rotatable bonds is 9. The highest BCUT2D eigenvalue weighted by atomic mass is 16.5. The maximum atomic E-state index is 7.52. The zero-order valence-corrected chi connectivity index (χ0v) is 22.4. The Hall–Kier alpha value is -4.72. The van der Waals surface area contributed by atoms with E-state index in [2.05, 4.69) is 182 Å². The molecular weight excluding hydrogens is 484 g/mol. The zero-order valence-electron chi connectivity index (χ0n) is 22.4. The molecule has 0 radical (unpaired) electrons.